The first-order valence-electron chi connectivity index (χ1n) is 3.16. The molecule has 1 heterocycles. The van der Waals surface area contributed by atoms with Gasteiger partial charge in [-0.1, -0.05) is 19.6 Å². The molecule has 1 N–H and O–H groups in total. The Kier molecular flexibility index (Phi) is 2.68. The Bertz CT molecular complexity index is 174. The molecular weight excluding hydrogens is 148 g/mol. The second-order valence-electron chi connectivity index (χ2n) is 2.18. The zero-order chi connectivity index (χ0) is 7.40. The number of H-pyrrole nitrogens is 1. The Labute approximate surface area is 64.8 Å². The van der Waals surface area contributed by atoms with E-state index in [1.165, 1.54) is 0 Å². The standard InChI is InChI=1S/C5H9N4S/c1-4(2-3-10)5-6-8-9-7-5/h4H,2-3H2,1H3,(H,6,7,8,9). The van der Waals surface area contributed by atoms with Gasteiger partial charge in [-0.3, -0.25) is 0 Å². The Hall–Kier alpha value is -0.580. The van der Waals surface area contributed by atoms with Gasteiger partial charge in [0.15, 0.2) is 5.82 Å². The molecule has 1 radical (unpaired) electrons. The zero-order valence-electron chi connectivity index (χ0n) is 5.74. The van der Waals surface area contributed by atoms with Crippen LogP contribution in [0.15, 0.2) is 0 Å². The summed E-state index contributed by atoms with van der Waals surface area (Å²) in [6.45, 7) is 2.05. The molecule has 1 aromatic rings. The van der Waals surface area contributed by atoms with Crippen LogP contribution in [0.4, 0.5) is 0 Å². The van der Waals surface area contributed by atoms with Gasteiger partial charge in [-0.15, -0.1) is 5.10 Å². The third-order valence-corrected chi connectivity index (χ3v) is 1.62. The molecule has 0 amide bonds. The minimum Gasteiger partial charge on any atom is -0.243 e. The largest absolute Gasteiger partial charge is 0.243 e. The van der Waals surface area contributed by atoms with Crippen molar-refractivity contribution < 1.29 is 0 Å². The zero-order valence-corrected chi connectivity index (χ0v) is 6.56. The fraction of sp³-hybridized carbons (Fsp3) is 0.800. The number of tetrazole rings is 1. The molecule has 5 heteroatoms. The van der Waals surface area contributed by atoms with Gasteiger partial charge in [0.05, 0.1) is 0 Å². The van der Waals surface area contributed by atoms with Gasteiger partial charge in [0.25, 0.3) is 0 Å². The SMILES string of the molecule is CC(CC[S])c1nnn[nH]1. The predicted molar refractivity (Wildman–Crippen MR) is 39.7 cm³/mol. The van der Waals surface area contributed by atoms with Gasteiger partial charge < -0.3 is 0 Å². The molecule has 1 rings (SSSR count). The fourth-order valence-electron chi connectivity index (χ4n) is 0.689. The van der Waals surface area contributed by atoms with E-state index >= 15 is 0 Å². The lowest BCUT2D eigenvalue weighted by Crippen LogP contribution is -1.96. The maximum atomic E-state index is 4.82. The van der Waals surface area contributed by atoms with Crippen LogP contribution in [-0.2, 0) is 0 Å². The van der Waals surface area contributed by atoms with Gasteiger partial charge in [-0.05, 0) is 16.8 Å². The minimum absolute atomic E-state index is 0.354. The van der Waals surface area contributed by atoms with Crippen molar-refractivity contribution in [2.75, 3.05) is 5.75 Å². The third-order valence-electron chi connectivity index (χ3n) is 1.38. The van der Waals surface area contributed by atoms with Gasteiger partial charge in [0.1, 0.15) is 0 Å². The lowest BCUT2D eigenvalue weighted by Gasteiger charge is -2.01. The molecule has 0 aliphatic rings. The van der Waals surface area contributed by atoms with Crippen LogP contribution in [0, 0.1) is 0 Å². The molecular formula is C5H9N4S. The summed E-state index contributed by atoms with van der Waals surface area (Å²) in [7, 11) is 0. The summed E-state index contributed by atoms with van der Waals surface area (Å²) < 4.78 is 0. The molecule has 10 heavy (non-hydrogen) atoms. The van der Waals surface area contributed by atoms with E-state index in [1.54, 1.807) is 0 Å². The van der Waals surface area contributed by atoms with Gasteiger partial charge in [-0.2, -0.15) is 0 Å². The van der Waals surface area contributed by atoms with Crippen molar-refractivity contribution in [2.24, 2.45) is 0 Å². The highest BCUT2D eigenvalue weighted by Crippen LogP contribution is 2.12. The molecule has 0 saturated carbocycles. The molecule has 4 nitrogen and oxygen atoms in total. The average molecular weight is 157 g/mol. The van der Waals surface area contributed by atoms with Crippen LogP contribution in [0.1, 0.15) is 25.1 Å². The highest BCUT2D eigenvalue weighted by molar-refractivity contribution is 7.80. The molecule has 0 aliphatic carbocycles. The van der Waals surface area contributed by atoms with E-state index in [2.05, 4.69) is 27.5 Å². The molecule has 0 spiro atoms. The number of hydrogen-bond donors (Lipinski definition) is 1. The van der Waals surface area contributed by atoms with E-state index in [-0.39, 0.29) is 0 Å². The lowest BCUT2D eigenvalue weighted by atomic mass is 10.1. The molecule has 0 fully saturated rings. The van der Waals surface area contributed by atoms with Crippen molar-refractivity contribution in [1.82, 2.24) is 20.6 Å². The van der Waals surface area contributed by atoms with Crippen LogP contribution >= 0.6 is 12.6 Å². The monoisotopic (exact) mass is 157 g/mol. The predicted octanol–water partition coefficient (Wildman–Crippen LogP) is 0.891. The van der Waals surface area contributed by atoms with Crippen LogP contribution < -0.4 is 0 Å². The van der Waals surface area contributed by atoms with Crippen LogP contribution in [0.5, 0.6) is 0 Å². The quantitative estimate of drug-likeness (QED) is 0.709. The van der Waals surface area contributed by atoms with E-state index < -0.39 is 0 Å². The van der Waals surface area contributed by atoms with Gasteiger partial charge >= 0.3 is 0 Å². The number of rotatable bonds is 3. The topological polar surface area (TPSA) is 54.5 Å². The molecule has 1 unspecified atom stereocenters. The summed E-state index contributed by atoms with van der Waals surface area (Å²) in [5.41, 5.74) is 0. The number of nitrogens with one attached hydrogen (secondary N) is 1. The lowest BCUT2D eigenvalue weighted by molar-refractivity contribution is 0.687. The number of nitrogens with zero attached hydrogens (tertiary/aromatic N) is 3. The summed E-state index contributed by atoms with van der Waals surface area (Å²) >= 11 is 4.82. The molecule has 55 valence electrons. The minimum atomic E-state index is 0.354. The van der Waals surface area contributed by atoms with Crippen LogP contribution in [0.25, 0.3) is 0 Å². The third kappa shape index (κ3) is 1.70. The van der Waals surface area contributed by atoms with E-state index in [0.29, 0.717) is 5.92 Å². The summed E-state index contributed by atoms with van der Waals surface area (Å²) in [5.74, 6) is 1.93. The van der Waals surface area contributed by atoms with E-state index in [9.17, 15) is 0 Å². The van der Waals surface area contributed by atoms with Crippen molar-refractivity contribution in [3.63, 3.8) is 0 Å². The summed E-state index contributed by atoms with van der Waals surface area (Å²) in [5, 5.41) is 13.4. The van der Waals surface area contributed by atoms with Crippen LogP contribution in [-0.4, -0.2) is 26.4 Å². The molecule has 1 aromatic heterocycles. The molecule has 0 aromatic carbocycles. The normalized spacial score (nSPS) is 13.4. The van der Waals surface area contributed by atoms with Crippen molar-refractivity contribution >= 4 is 12.6 Å². The fourth-order valence-corrected chi connectivity index (χ4v) is 1.04. The molecule has 0 saturated heterocycles. The van der Waals surface area contributed by atoms with Gasteiger partial charge in [0, 0.05) is 11.7 Å². The van der Waals surface area contributed by atoms with Crippen molar-refractivity contribution in [3.05, 3.63) is 5.82 Å². The second kappa shape index (κ2) is 3.55. The van der Waals surface area contributed by atoms with E-state index in [0.717, 1.165) is 18.0 Å². The van der Waals surface area contributed by atoms with Crippen LogP contribution in [0.3, 0.4) is 0 Å². The van der Waals surface area contributed by atoms with Crippen molar-refractivity contribution in [1.29, 1.82) is 0 Å². The number of aromatic amines is 1. The van der Waals surface area contributed by atoms with Crippen LogP contribution in [0.2, 0.25) is 0 Å². The van der Waals surface area contributed by atoms with Gasteiger partial charge in [0.2, 0.25) is 0 Å². The van der Waals surface area contributed by atoms with Crippen molar-refractivity contribution in [3.8, 4) is 0 Å². The summed E-state index contributed by atoms with van der Waals surface area (Å²) in [6.07, 6.45) is 0.951. The highest BCUT2D eigenvalue weighted by atomic mass is 32.1. The number of aromatic nitrogens is 4. The molecule has 0 aliphatic heterocycles. The second-order valence-corrected chi connectivity index (χ2v) is 2.59. The Balaban J connectivity index is 2.50. The first-order chi connectivity index (χ1) is 4.84. The maximum absolute atomic E-state index is 4.82. The molecule has 1 atom stereocenters. The Morgan fingerprint density at radius 2 is 2.50 bits per heavy atom. The van der Waals surface area contributed by atoms with E-state index in [4.69, 9.17) is 12.6 Å². The average Bonchev–Trinajstić information content (AvgIpc) is 2.38. The first-order valence-corrected chi connectivity index (χ1v) is 3.74. The number of hydrogen-bond acceptors (Lipinski definition) is 3. The van der Waals surface area contributed by atoms with E-state index in [1.807, 2.05) is 0 Å². The summed E-state index contributed by atoms with van der Waals surface area (Å²) in [4.78, 5) is 0. The highest BCUT2D eigenvalue weighted by Gasteiger charge is 2.06. The van der Waals surface area contributed by atoms with Crippen molar-refractivity contribution in [2.45, 2.75) is 19.3 Å². The molecule has 0 bridgehead atoms. The maximum Gasteiger partial charge on any atom is 0.151 e. The Morgan fingerprint density at radius 1 is 1.70 bits per heavy atom. The Morgan fingerprint density at radius 3 is 3.00 bits per heavy atom. The first kappa shape index (κ1) is 7.53. The smallest absolute Gasteiger partial charge is 0.151 e. The summed E-state index contributed by atoms with van der Waals surface area (Å²) in [6, 6.07) is 0. The van der Waals surface area contributed by atoms with Gasteiger partial charge in [-0.25, -0.2) is 5.10 Å².